The molecule has 0 atom stereocenters. The number of nitrogens with zero attached hydrogens (tertiary/aromatic N) is 1. The normalized spacial score (nSPS) is 12.2. The van der Waals surface area contributed by atoms with Crippen LogP contribution in [0.25, 0.3) is 0 Å². The van der Waals surface area contributed by atoms with Crippen LogP contribution in [-0.2, 0) is 17.4 Å². The Hall–Kier alpha value is -1.52. The van der Waals surface area contributed by atoms with Crippen LogP contribution in [0.2, 0.25) is 0 Å². The highest BCUT2D eigenvalue weighted by molar-refractivity contribution is 14.0. The molecule has 0 aliphatic heterocycles. The van der Waals surface area contributed by atoms with E-state index in [1.807, 2.05) is 20.8 Å². The molecule has 5 nitrogen and oxygen atoms in total. The number of hydrogen-bond acceptors (Lipinski definition) is 2. The van der Waals surface area contributed by atoms with E-state index in [1.165, 1.54) is 12.1 Å². The average Bonchev–Trinajstić information content (AvgIpc) is 2.55. The third-order valence-corrected chi connectivity index (χ3v) is 3.60. The fraction of sp³-hybridized carbons (Fsp3) is 0.556. The first-order valence-electron chi connectivity index (χ1n) is 8.43. The Balaban J connectivity index is 0.00000676. The lowest BCUT2D eigenvalue weighted by Crippen LogP contribution is -2.43. The molecule has 0 aromatic heterocycles. The number of hydrogen-bond donors (Lipinski definition) is 3. The molecule has 0 saturated carbocycles. The maximum atomic E-state index is 12.5. The topological polar surface area (TPSA) is 65.5 Å². The number of carbonyl (C=O) groups is 1. The smallest absolute Gasteiger partial charge is 0.356 e. The molecule has 1 rings (SSSR count). The largest absolute Gasteiger partial charge is 0.416 e. The molecule has 3 N–H and O–H groups in total. The van der Waals surface area contributed by atoms with Crippen LogP contribution in [0.1, 0.15) is 31.9 Å². The summed E-state index contributed by atoms with van der Waals surface area (Å²) in [5.41, 5.74) is -0.274. The summed E-state index contributed by atoms with van der Waals surface area (Å²) in [4.78, 5) is 15.8. The maximum absolute atomic E-state index is 12.5. The van der Waals surface area contributed by atoms with E-state index in [4.69, 9.17) is 0 Å². The predicted octanol–water partition coefficient (Wildman–Crippen LogP) is 3.19. The van der Waals surface area contributed by atoms with Gasteiger partial charge in [-0.2, -0.15) is 13.2 Å². The summed E-state index contributed by atoms with van der Waals surface area (Å²) in [7, 11) is 1.63. The van der Waals surface area contributed by atoms with E-state index in [2.05, 4.69) is 20.9 Å². The number of nitrogens with one attached hydrogen (secondary N) is 3. The van der Waals surface area contributed by atoms with Gasteiger partial charge in [0.05, 0.1) is 5.56 Å². The maximum Gasteiger partial charge on any atom is 0.416 e. The van der Waals surface area contributed by atoms with Gasteiger partial charge in [-0.15, -0.1) is 24.0 Å². The lowest BCUT2D eigenvalue weighted by molar-refractivity contribution is -0.137. The fourth-order valence-electron chi connectivity index (χ4n) is 2.03. The number of rotatable bonds is 6. The van der Waals surface area contributed by atoms with E-state index in [1.54, 1.807) is 7.05 Å². The van der Waals surface area contributed by atoms with Crippen LogP contribution >= 0.6 is 24.0 Å². The molecule has 0 spiro atoms. The Morgan fingerprint density at radius 1 is 0.963 bits per heavy atom. The molecular formula is C18H28F3IN4O. The Morgan fingerprint density at radius 3 is 1.96 bits per heavy atom. The predicted molar refractivity (Wildman–Crippen MR) is 112 cm³/mol. The van der Waals surface area contributed by atoms with Crippen LogP contribution < -0.4 is 16.0 Å². The summed E-state index contributed by atoms with van der Waals surface area (Å²) in [5.74, 6) is 0.548. The second-order valence-electron chi connectivity index (χ2n) is 6.88. The van der Waals surface area contributed by atoms with Crippen molar-refractivity contribution in [2.45, 2.75) is 33.4 Å². The van der Waals surface area contributed by atoms with Crippen LogP contribution in [0.15, 0.2) is 29.3 Å². The number of guanidine groups is 1. The van der Waals surface area contributed by atoms with Crippen molar-refractivity contribution in [1.82, 2.24) is 16.0 Å². The zero-order chi connectivity index (χ0) is 19.8. The highest BCUT2D eigenvalue weighted by Crippen LogP contribution is 2.29. The summed E-state index contributed by atoms with van der Waals surface area (Å²) >= 11 is 0. The minimum Gasteiger partial charge on any atom is -0.356 e. The van der Waals surface area contributed by atoms with E-state index in [0.29, 0.717) is 32.0 Å². The molecule has 0 saturated heterocycles. The van der Waals surface area contributed by atoms with Crippen LogP contribution in [0.3, 0.4) is 0 Å². The van der Waals surface area contributed by atoms with Crippen LogP contribution in [0, 0.1) is 5.41 Å². The van der Waals surface area contributed by atoms with Crippen molar-refractivity contribution >= 4 is 35.8 Å². The van der Waals surface area contributed by atoms with E-state index in [0.717, 1.165) is 17.7 Å². The molecule has 9 heteroatoms. The average molecular weight is 500 g/mol. The third kappa shape index (κ3) is 9.83. The lowest BCUT2D eigenvalue weighted by atomic mass is 9.96. The van der Waals surface area contributed by atoms with Gasteiger partial charge >= 0.3 is 6.18 Å². The van der Waals surface area contributed by atoms with E-state index in [-0.39, 0.29) is 29.9 Å². The zero-order valence-corrected chi connectivity index (χ0v) is 18.4. The molecule has 0 bridgehead atoms. The van der Waals surface area contributed by atoms with E-state index < -0.39 is 17.2 Å². The quantitative estimate of drug-likeness (QED) is 0.243. The first kappa shape index (κ1) is 25.5. The SMILES string of the molecule is CN=C(NCCNC(=O)C(C)(C)C)NCCc1ccc(C(F)(F)F)cc1.I. The molecule has 0 fully saturated rings. The molecule has 0 aliphatic carbocycles. The van der Waals surface area contributed by atoms with Gasteiger partial charge in [0, 0.05) is 32.1 Å². The monoisotopic (exact) mass is 500 g/mol. The summed E-state index contributed by atoms with van der Waals surface area (Å²) < 4.78 is 37.6. The molecule has 0 aliphatic rings. The van der Waals surface area contributed by atoms with Gasteiger partial charge in [-0.1, -0.05) is 32.9 Å². The number of benzene rings is 1. The summed E-state index contributed by atoms with van der Waals surface area (Å²) in [6, 6.07) is 5.12. The van der Waals surface area contributed by atoms with Crippen molar-refractivity contribution in [3.8, 4) is 0 Å². The minimum atomic E-state index is -4.31. The number of aliphatic imine (C=N–C) groups is 1. The summed E-state index contributed by atoms with van der Waals surface area (Å²) in [5, 5.41) is 8.98. The number of amides is 1. The number of halogens is 4. The van der Waals surface area contributed by atoms with Crippen molar-refractivity contribution < 1.29 is 18.0 Å². The fourth-order valence-corrected chi connectivity index (χ4v) is 2.03. The first-order valence-corrected chi connectivity index (χ1v) is 8.43. The van der Waals surface area contributed by atoms with Crippen LogP contribution in [0.4, 0.5) is 13.2 Å². The number of carbonyl (C=O) groups excluding carboxylic acids is 1. The van der Waals surface area contributed by atoms with Gasteiger partial charge in [-0.3, -0.25) is 9.79 Å². The highest BCUT2D eigenvalue weighted by atomic mass is 127. The Labute approximate surface area is 175 Å². The zero-order valence-electron chi connectivity index (χ0n) is 16.0. The molecule has 27 heavy (non-hydrogen) atoms. The Morgan fingerprint density at radius 2 is 1.48 bits per heavy atom. The van der Waals surface area contributed by atoms with Gasteiger partial charge in [0.15, 0.2) is 5.96 Å². The minimum absolute atomic E-state index is 0. The molecule has 0 heterocycles. The summed E-state index contributed by atoms with van der Waals surface area (Å²) in [6.45, 7) is 7.04. The molecule has 1 amide bonds. The lowest BCUT2D eigenvalue weighted by Gasteiger charge is -2.18. The van der Waals surface area contributed by atoms with Crippen molar-refractivity contribution in [3.63, 3.8) is 0 Å². The number of alkyl halides is 3. The van der Waals surface area contributed by atoms with Crippen molar-refractivity contribution in [2.75, 3.05) is 26.7 Å². The highest BCUT2D eigenvalue weighted by Gasteiger charge is 2.29. The van der Waals surface area contributed by atoms with Crippen LogP contribution in [0.5, 0.6) is 0 Å². The van der Waals surface area contributed by atoms with Gasteiger partial charge in [-0.25, -0.2) is 0 Å². The van der Waals surface area contributed by atoms with Gasteiger partial charge < -0.3 is 16.0 Å². The van der Waals surface area contributed by atoms with Crippen molar-refractivity contribution in [2.24, 2.45) is 10.4 Å². The third-order valence-electron chi connectivity index (χ3n) is 3.60. The second-order valence-corrected chi connectivity index (χ2v) is 6.88. The van der Waals surface area contributed by atoms with Gasteiger partial charge in [0.2, 0.25) is 5.91 Å². The van der Waals surface area contributed by atoms with Gasteiger partial charge in [0.1, 0.15) is 0 Å². The van der Waals surface area contributed by atoms with Crippen molar-refractivity contribution in [3.05, 3.63) is 35.4 Å². The molecule has 154 valence electrons. The Kier molecular flexibility index (Phi) is 10.7. The molecular weight excluding hydrogens is 472 g/mol. The van der Waals surface area contributed by atoms with Gasteiger partial charge in [0.25, 0.3) is 0 Å². The van der Waals surface area contributed by atoms with Crippen LogP contribution in [-0.4, -0.2) is 38.5 Å². The first-order chi connectivity index (χ1) is 12.0. The molecule has 1 aromatic rings. The van der Waals surface area contributed by atoms with Gasteiger partial charge in [-0.05, 0) is 24.1 Å². The second kappa shape index (κ2) is 11.4. The molecule has 1 aromatic carbocycles. The van der Waals surface area contributed by atoms with E-state index >= 15 is 0 Å². The molecule has 0 unspecified atom stereocenters. The van der Waals surface area contributed by atoms with E-state index in [9.17, 15) is 18.0 Å². The van der Waals surface area contributed by atoms with Crippen molar-refractivity contribution in [1.29, 1.82) is 0 Å². The Bertz CT molecular complexity index is 611. The summed E-state index contributed by atoms with van der Waals surface area (Å²) in [6.07, 6.45) is -3.75. The standard InChI is InChI=1S/C18H27F3N4O.HI/c1-17(2,3)15(26)23-11-12-25-16(22-4)24-10-9-13-5-7-14(8-6-13)18(19,20)21;/h5-8H,9-12H2,1-4H3,(H,23,26)(H2,22,24,25);1H. The molecule has 0 radical (unpaired) electrons.